The smallest absolute Gasteiger partial charge is 0.0346 e. The van der Waals surface area contributed by atoms with Crippen LogP contribution in [0.1, 0.15) is 18.4 Å². The first-order chi connectivity index (χ1) is 9.35. The summed E-state index contributed by atoms with van der Waals surface area (Å²) in [6.45, 7) is 6.13. The van der Waals surface area contributed by atoms with Gasteiger partial charge in [-0.1, -0.05) is 18.2 Å². The lowest BCUT2D eigenvalue weighted by atomic mass is 9.86. The second-order valence-electron chi connectivity index (χ2n) is 6.14. The van der Waals surface area contributed by atoms with Crippen molar-refractivity contribution in [2.24, 2.45) is 5.41 Å². The molecule has 2 aromatic rings. The number of nitrogens with zero attached hydrogens (tertiary/aromatic N) is 1. The predicted octanol–water partition coefficient (Wildman–Crippen LogP) is 3.51. The maximum absolute atomic E-state index is 3.54. The molecule has 0 aliphatic carbocycles. The molecule has 4 rings (SSSR count). The summed E-state index contributed by atoms with van der Waals surface area (Å²) in [5.74, 6) is 0. The van der Waals surface area contributed by atoms with Crippen molar-refractivity contribution in [2.45, 2.75) is 19.4 Å². The van der Waals surface area contributed by atoms with E-state index in [4.69, 9.17) is 0 Å². The minimum absolute atomic E-state index is 0. The number of thiophene rings is 1. The van der Waals surface area contributed by atoms with E-state index in [1.165, 1.54) is 54.7 Å². The summed E-state index contributed by atoms with van der Waals surface area (Å²) in [5.41, 5.74) is 2.11. The van der Waals surface area contributed by atoms with E-state index in [0.29, 0.717) is 5.41 Å². The van der Waals surface area contributed by atoms with Crippen LogP contribution < -0.4 is 5.32 Å². The number of fused-ring (bicyclic) bond motifs is 1. The predicted molar refractivity (Wildman–Crippen MR) is 88.9 cm³/mol. The Morgan fingerprint density at radius 3 is 3.00 bits per heavy atom. The largest absolute Gasteiger partial charge is 0.316 e. The molecule has 1 aromatic carbocycles. The highest BCUT2D eigenvalue weighted by Crippen LogP contribution is 2.37. The van der Waals surface area contributed by atoms with Crippen molar-refractivity contribution >= 4 is 33.8 Å². The molecule has 2 fully saturated rings. The van der Waals surface area contributed by atoms with Gasteiger partial charge < -0.3 is 5.32 Å². The fourth-order valence-corrected chi connectivity index (χ4v) is 4.66. The molecule has 4 heteroatoms. The van der Waals surface area contributed by atoms with Gasteiger partial charge in [-0.25, -0.2) is 0 Å². The van der Waals surface area contributed by atoms with Crippen molar-refractivity contribution in [3.05, 3.63) is 35.2 Å². The molecule has 1 N–H and O–H groups in total. The second kappa shape index (κ2) is 5.64. The van der Waals surface area contributed by atoms with Crippen molar-refractivity contribution < 1.29 is 0 Å². The average molecular weight is 309 g/mol. The van der Waals surface area contributed by atoms with E-state index in [1.54, 1.807) is 0 Å². The molecule has 0 radical (unpaired) electrons. The normalized spacial score (nSPS) is 26.4. The van der Waals surface area contributed by atoms with Gasteiger partial charge >= 0.3 is 0 Å². The number of rotatable bonds is 2. The zero-order chi connectivity index (χ0) is 12.7. The molecule has 108 valence electrons. The lowest BCUT2D eigenvalue weighted by Crippen LogP contribution is -2.28. The van der Waals surface area contributed by atoms with Gasteiger partial charge in [0.1, 0.15) is 0 Å². The molecule has 3 heterocycles. The summed E-state index contributed by atoms with van der Waals surface area (Å²) < 4.78 is 1.42. The SMILES string of the molecule is Cl.c1ccc2c(CN3CCC4(CCNC4)C3)csc2c1. The van der Waals surface area contributed by atoms with Gasteiger partial charge in [0.25, 0.3) is 0 Å². The molecule has 2 aliphatic rings. The van der Waals surface area contributed by atoms with Crippen LogP contribution in [0.15, 0.2) is 29.6 Å². The van der Waals surface area contributed by atoms with Crippen LogP contribution in [0.5, 0.6) is 0 Å². The molecule has 1 spiro atoms. The summed E-state index contributed by atoms with van der Waals surface area (Å²) in [7, 11) is 0. The van der Waals surface area contributed by atoms with Crippen LogP contribution in [0.4, 0.5) is 0 Å². The third-order valence-electron chi connectivity index (χ3n) is 4.80. The molecule has 0 amide bonds. The molecular formula is C16H21ClN2S. The number of halogens is 1. The van der Waals surface area contributed by atoms with Gasteiger partial charge in [-0.15, -0.1) is 23.7 Å². The minimum atomic E-state index is 0. The molecule has 1 unspecified atom stereocenters. The Morgan fingerprint density at radius 1 is 1.25 bits per heavy atom. The fourth-order valence-electron chi connectivity index (χ4n) is 3.70. The quantitative estimate of drug-likeness (QED) is 0.913. The van der Waals surface area contributed by atoms with Gasteiger partial charge in [0.05, 0.1) is 0 Å². The fraction of sp³-hybridized carbons (Fsp3) is 0.500. The third-order valence-corrected chi connectivity index (χ3v) is 5.82. The maximum atomic E-state index is 3.54. The van der Waals surface area contributed by atoms with Crippen molar-refractivity contribution in [2.75, 3.05) is 26.2 Å². The molecule has 1 atom stereocenters. The van der Waals surface area contributed by atoms with Crippen LogP contribution in [-0.4, -0.2) is 31.1 Å². The van der Waals surface area contributed by atoms with Crippen LogP contribution in [0.25, 0.3) is 10.1 Å². The molecule has 0 saturated carbocycles. The summed E-state index contributed by atoms with van der Waals surface area (Å²) >= 11 is 1.88. The first kappa shape index (κ1) is 14.3. The molecule has 0 bridgehead atoms. The highest BCUT2D eigenvalue weighted by atomic mass is 35.5. The van der Waals surface area contributed by atoms with Crippen LogP contribution in [0.3, 0.4) is 0 Å². The van der Waals surface area contributed by atoms with E-state index in [2.05, 4.69) is 39.9 Å². The van der Waals surface area contributed by atoms with E-state index in [9.17, 15) is 0 Å². The number of hydrogen-bond acceptors (Lipinski definition) is 3. The molecule has 1 aromatic heterocycles. The monoisotopic (exact) mass is 308 g/mol. The summed E-state index contributed by atoms with van der Waals surface area (Å²) in [6, 6.07) is 8.79. The summed E-state index contributed by atoms with van der Waals surface area (Å²) in [6.07, 6.45) is 2.75. The number of hydrogen-bond donors (Lipinski definition) is 1. The Bertz CT molecular complexity index is 589. The Labute approximate surface area is 130 Å². The first-order valence-electron chi connectivity index (χ1n) is 7.23. The van der Waals surface area contributed by atoms with Gasteiger partial charge in [-0.2, -0.15) is 0 Å². The van der Waals surface area contributed by atoms with Gasteiger partial charge in [-0.3, -0.25) is 4.90 Å². The Kier molecular flexibility index (Phi) is 4.04. The highest BCUT2D eigenvalue weighted by molar-refractivity contribution is 7.17. The van der Waals surface area contributed by atoms with Crippen LogP contribution in [0.2, 0.25) is 0 Å². The molecule has 2 nitrogen and oxygen atoms in total. The van der Waals surface area contributed by atoms with Gasteiger partial charge in [-0.05, 0) is 53.7 Å². The van der Waals surface area contributed by atoms with Crippen LogP contribution >= 0.6 is 23.7 Å². The average Bonchev–Trinajstić information content (AvgIpc) is 3.14. The Hall–Kier alpha value is -0.610. The van der Waals surface area contributed by atoms with Crippen molar-refractivity contribution in [3.63, 3.8) is 0 Å². The summed E-state index contributed by atoms with van der Waals surface area (Å²) in [4.78, 5) is 2.65. The standard InChI is InChI=1S/C16H20N2S.ClH/c1-2-4-15-14(3-1)13(10-19-15)9-18-8-6-16(12-18)5-7-17-11-16;/h1-4,10,17H,5-9,11-12H2;1H. The van der Waals surface area contributed by atoms with Gasteiger partial charge in [0.2, 0.25) is 0 Å². The van der Waals surface area contributed by atoms with Crippen molar-refractivity contribution in [3.8, 4) is 0 Å². The van der Waals surface area contributed by atoms with E-state index in [-0.39, 0.29) is 12.4 Å². The van der Waals surface area contributed by atoms with Crippen molar-refractivity contribution in [1.29, 1.82) is 0 Å². The zero-order valence-electron chi connectivity index (χ0n) is 11.6. The third kappa shape index (κ3) is 2.48. The number of likely N-dealkylation sites (tertiary alicyclic amines) is 1. The van der Waals surface area contributed by atoms with E-state index in [0.717, 1.165) is 6.54 Å². The number of benzene rings is 1. The van der Waals surface area contributed by atoms with Gasteiger partial charge in [0.15, 0.2) is 0 Å². The summed E-state index contributed by atoms with van der Waals surface area (Å²) in [5, 5.41) is 7.35. The van der Waals surface area contributed by atoms with E-state index >= 15 is 0 Å². The highest BCUT2D eigenvalue weighted by Gasteiger charge is 2.40. The molecule has 20 heavy (non-hydrogen) atoms. The lowest BCUT2D eigenvalue weighted by Gasteiger charge is -2.22. The topological polar surface area (TPSA) is 15.3 Å². The van der Waals surface area contributed by atoms with Crippen LogP contribution in [0, 0.1) is 5.41 Å². The first-order valence-corrected chi connectivity index (χ1v) is 8.11. The van der Waals surface area contributed by atoms with Gasteiger partial charge in [0, 0.05) is 24.3 Å². The molecule has 2 aliphatic heterocycles. The Morgan fingerprint density at radius 2 is 2.15 bits per heavy atom. The van der Waals surface area contributed by atoms with Crippen molar-refractivity contribution in [1.82, 2.24) is 10.2 Å². The minimum Gasteiger partial charge on any atom is -0.316 e. The zero-order valence-corrected chi connectivity index (χ0v) is 13.2. The molecule has 2 saturated heterocycles. The number of nitrogens with one attached hydrogen (secondary N) is 1. The van der Waals surface area contributed by atoms with E-state index < -0.39 is 0 Å². The molecular weight excluding hydrogens is 288 g/mol. The second-order valence-corrected chi connectivity index (χ2v) is 7.06. The maximum Gasteiger partial charge on any atom is 0.0346 e. The van der Waals surface area contributed by atoms with E-state index in [1.807, 2.05) is 11.3 Å². The lowest BCUT2D eigenvalue weighted by molar-refractivity contribution is 0.269. The Balaban J connectivity index is 0.00000121. The van der Waals surface area contributed by atoms with Crippen LogP contribution in [-0.2, 0) is 6.54 Å².